The van der Waals surface area contributed by atoms with Gasteiger partial charge in [0.25, 0.3) is 0 Å². The van der Waals surface area contributed by atoms with Crippen LogP contribution in [0.5, 0.6) is 0 Å². The molecule has 4 bridgehead atoms. The summed E-state index contributed by atoms with van der Waals surface area (Å²) in [6, 6.07) is 26.5. The fraction of sp³-hybridized carbons (Fsp3) is 0.167. The molecule has 4 aliphatic carbocycles. The van der Waals surface area contributed by atoms with Gasteiger partial charge in [-0.2, -0.15) is 8.75 Å². The van der Waals surface area contributed by atoms with Crippen molar-refractivity contribution in [3.8, 4) is 22.5 Å². The van der Waals surface area contributed by atoms with Crippen LogP contribution in [0.15, 0.2) is 72.8 Å². The number of nitrogens with zero attached hydrogens (tertiary/aromatic N) is 2. The molecule has 0 fully saturated rings. The maximum Gasteiger partial charge on any atom is 0.112 e. The lowest BCUT2D eigenvalue weighted by Gasteiger charge is -2.11. The van der Waals surface area contributed by atoms with E-state index in [1.165, 1.54) is 34.0 Å². The lowest BCUT2D eigenvalue weighted by Crippen LogP contribution is -2.00. The summed E-state index contributed by atoms with van der Waals surface area (Å²) >= 11 is 1.29. The van der Waals surface area contributed by atoms with Crippen molar-refractivity contribution < 1.29 is 0 Å². The summed E-state index contributed by atoms with van der Waals surface area (Å²) in [7, 11) is 0. The van der Waals surface area contributed by atoms with Crippen molar-refractivity contribution in [3.63, 3.8) is 0 Å². The molecular weight excluding hydrogens is 348 g/mol. The van der Waals surface area contributed by atoms with Crippen molar-refractivity contribution in [2.75, 3.05) is 0 Å². The zero-order valence-electron chi connectivity index (χ0n) is 15.1. The molecule has 0 atom stereocenters. The van der Waals surface area contributed by atoms with Gasteiger partial charge in [0.05, 0.1) is 11.7 Å². The average molecular weight is 369 g/mol. The van der Waals surface area contributed by atoms with Gasteiger partial charge in [-0.3, -0.25) is 0 Å². The predicted octanol–water partition coefficient (Wildman–Crippen LogP) is 5.76. The molecule has 0 saturated carbocycles. The Kier molecular flexibility index (Phi) is 4.30. The molecular formula is C24H20N2S. The van der Waals surface area contributed by atoms with Crippen LogP contribution in [-0.2, 0) is 25.7 Å². The van der Waals surface area contributed by atoms with E-state index < -0.39 is 0 Å². The van der Waals surface area contributed by atoms with E-state index in [0.29, 0.717) is 0 Å². The molecule has 0 amide bonds. The van der Waals surface area contributed by atoms with E-state index in [1.807, 2.05) is 0 Å². The topological polar surface area (TPSA) is 25.8 Å². The van der Waals surface area contributed by atoms with Gasteiger partial charge >= 0.3 is 0 Å². The van der Waals surface area contributed by atoms with Crippen LogP contribution in [-0.4, -0.2) is 8.75 Å². The Hall–Kier alpha value is -2.78. The number of aromatic nitrogens is 2. The predicted molar refractivity (Wildman–Crippen MR) is 112 cm³/mol. The summed E-state index contributed by atoms with van der Waals surface area (Å²) in [4.78, 5) is 0. The summed E-state index contributed by atoms with van der Waals surface area (Å²) in [6.07, 6.45) is 4.29. The number of hydrogen-bond acceptors (Lipinski definition) is 3. The molecule has 1 heterocycles. The van der Waals surface area contributed by atoms with Gasteiger partial charge in [0.1, 0.15) is 11.4 Å². The van der Waals surface area contributed by atoms with Gasteiger partial charge < -0.3 is 0 Å². The van der Waals surface area contributed by atoms with Gasteiger partial charge in [0.2, 0.25) is 0 Å². The normalized spacial score (nSPS) is 13.3. The summed E-state index contributed by atoms with van der Waals surface area (Å²) in [5.41, 5.74) is 9.92. The molecule has 0 spiro atoms. The van der Waals surface area contributed by atoms with Crippen molar-refractivity contribution in [3.05, 3.63) is 95.1 Å². The average Bonchev–Trinajstić information content (AvgIpc) is 3.21. The number of benzene rings is 3. The molecule has 3 heteroatoms. The highest BCUT2D eigenvalue weighted by atomic mass is 32.1. The van der Waals surface area contributed by atoms with Crippen LogP contribution < -0.4 is 0 Å². The van der Waals surface area contributed by atoms with E-state index in [2.05, 4.69) is 81.5 Å². The van der Waals surface area contributed by atoms with Crippen molar-refractivity contribution in [1.82, 2.24) is 8.75 Å². The Labute approximate surface area is 163 Å². The van der Waals surface area contributed by atoms with Gasteiger partial charge in [0, 0.05) is 11.1 Å². The van der Waals surface area contributed by atoms with E-state index in [0.717, 1.165) is 48.2 Å². The monoisotopic (exact) mass is 368 g/mol. The van der Waals surface area contributed by atoms with E-state index >= 15 is 0 Å². The van der Waals surface area contributed by atoms with Gasteiger partial charge in [-0.05, 0) is 47.9 Å². The summed E-state index contributed by atoms with van der Waals surface area (Å²) < 4.78 is 9.14. The maximum atomic E-state index is 4.57. The maximum absolute atomic E-state index is 4.57. The van der Waals surface area contributed by atoms with Gasteiger partial charge in [-0.1, -0.05) is 72.8 Å². The zero-order chi connectivity index (χ0) is 18.1. The van der Waals surface area contributed by atoms with Crippen molar-refractivity contribution in [2.24, 2.45) is 0 Å². The van der Waals surface area contributed by atoms with E-state index in [9.17, 15) is 0 Å². The Balaban J connectivity index is 1.60. The van der Waals surface area contributed by atoms with Crippen molar-refractivity contribution in [1.29, 1.82) is 0 Å². The fourth-order valence-corrected chi connectivity index (χ4v) is 4.42. The minimum Gasteiger partial charge on any atom is -0.172 e. The van der Waals surface area contributed by atoms with Crippen LogP contribution in [0.3, 0.4) is 0 Å². The third-order valence-corrected chi connectivity index (χ3v) is 5.96. The Morgan fingerprint density at radius 3 is 1.41 bits per heavy atom. The van der Waals surface area contributed by atoms with E-state index in [4.69, 9.17) is 0 Å². The Morgan fingerprint density at radius 2 is 0.963 bits per heavy atom. The third kappa shape index (κ3) is 3.31. The molecule has 1 aromatic heterocycles. The summed E-state index contributed by atoms with van der Waals surface area (Å²) in [6.45, 7) is 0. The molecule has 0 saturated heterocycles. The highest BCUT2D eigenvalue weighted by Crippen LogP contribution is 2.31. The molecule has 8 rings (SSSR count). The van der Waals surface area contributed by atoms with E-state index in [-0.39, 0.29) is 0 Å². The minimum atomic E-state index is 0.983. The van der Waals surface area contributed by atoms with Gasteiger partial charge in [-0.25, -0.2) is 0 Å². The molecule has 132 valence electrons. The first-order chi connectivity index (χ1) is 13.4. The molecule has 0 unspecified atom stereocenters. The standard InChI is InChI=1S/C24H20N2S/c1-2-4-20-12-6-18-9-15-22(16-10-18)24-23(25-27-26-24)21-13-7-17(8-14-21)5-11-19(20)3-1/h1-4,7-10,13-16H,5-6,11-12H2. The fourth-order valence-electron chi connectivity index (χ4n) is 3.83. The van der Waals surface area contributed by atoms with Crippen LogP contribution in [0, 0.1) is 0 Å². The first-order valence-corrected chi connectivity index (χ1v) is 10.2. The van der Waals surface area contributed by atoms with E-state index in [1.54, 1.807) is 0 Å². The zero-order valence-corrected chi connectivity index (χ0v) is 15.9. The smallest absolute Gasteiger partial charge is 0.112 e. The van der Waals surface area contributed by atoms with Gasteiger partial charge in [-0.15, -0.1) is 0 Å². The molecule has 2 nitrogen and oxygen atoms in total. The van der Waals surface area contributed by atoms with Crippen LogP contribution >= 0.6 is 11.7 Å². The summed E-state index contributed by atoms with van der Waals surface area (Å²) in [5.74, 6) is 0. The third-order valence-electron chi connectivity index (χ3n) is 5.43. The molecule has 4 aromatic rings. The molecule has 0 N–H and O–H groups in total. The number of hydrogen-bond donors (Lipinski definition) is 0. The second-order valence-electron chi connectivity index (χ2n) is 7.12. The lowest BCUT2D eigenvalue weighted by atomic mass is 9.94. The quantitative estimate of drug-likeness (QED) is 0.394. The van der Waals surface area contributed by atoms with Crippen LogP contribution in [0.2, 0.25) is 0 Å². The van der Waals surface area contributed by atoms with Crippen LogP contribution in [0.25, 0.3) is 22.5 Å². The van der Waals surface area contributed by atoms with Crippen molar-refractivity contribution >= 4 is 11.7 Å². The molecule has 0 aliphatic heterocycles. The lowest BCUT2D eigenvalue weighted by molar-refractivity contribution is 0.894. The molecule has 4 aliphatic rings. The number of rotatable bonds is 0. The van der Waals surface area contributed by atoms with Crippen LogP contribution in [0.4, 0.5) is 0 Å². The summed E-state index contributed by atoms with van der Waals surface area (Å²) in [5, 5.41) is 0. The SMILES string of the molecule is c1ccc2c(c1)CCc1ccc(cc1)-c1nsnc1-c1ccc(cc1)CC2. The second kappa shape index (κ2) is 7.09. The molecule has 0 radical (unpaired) electrons. The highest BCUT2D eigenvalue weighted by Gasteiger charge is 2.13. The highest BCUT2D eigenvalue weighted by molar-refractivity contribution is 6.99. The van der Waals surface area contributed by atoms with Crippen LogP contribution in [0.1, 0.15) is 22.3 Å². The van der Waals surface area contributed by atoms with Gasteiger partial charge in [0.15, 0.2) is 0 Å². The molecule has 27 heavy (non-hydrogen) atoms. The largest absolute Gasteiger partial charge is 0.172 e. The minimum absolute atomic E-state index is 0.983. The number of aryl methyl sites for hydroxylation is 4. The second-order valence-corrected chi connectivity index (χ2v) is 7.65. The molecule has 3 aromatic carbocycles. The van der Waals surface area contributed by atoms with Crippen molar-refractivity contribution in [2.45, 2.75) is 25.7 Å². The first kappa shape index (κ1) is 16.4. The Morgan fingerprint density at radius 1 is 0.519 bits per heavy atom. The first-order valence-electron chi connectivity index (χ1n) is 9.45. The Bertz CT molecular complexity index is 977.